The molecule has 0 fully saturated rings. The third-order valence-corrected chi connectivity index (χ3v) is 16.2. The van der Waals surface area contributed by atoms with Crippen LogP contribution in [-0.2, 0) is 29.8 Å². The summed E-state index contributed by atoms with van der Waals surface area (Å²) in [5.41, 5.74) is -0.0565. The second kappa shape index (κ2) is 11.8. The lowest BCUT2D eigenvalue weighted by atomic mass is 10.1. The maximum Gasteiger partial charge on any atom is 0.416 e. The molecule has 0 aliphatic carbocycles. The summed E-state index contributed by atoms with van der Waals surface area (Å²) < 4.78 is 40.7. The molecule has 0 unspecified atom stereocenters. The first-order valence-electron chi connectivity index (χ1n) is 12.6. The number of halogens is 3. The van der Waals surface area contributed by atoms with Crippen LogP contribution in [0.2, 0.25) is 0 Å². The predicted molar refractivity (Wildman–Crippen MR) is 172 cm³/mol. The average Bonchev–Trinajstić information content (AvgIpc) is 3.01. The molecular weight excluding hydrogens is 579 g/mol. The average molecular weight is 605 g/mol. The van der Waals surface area contributed by atoms with Crippen molar-refractivity contribution in [3.05, 3.63) is 163 Å². The molecule has 0 spiro atoms. The Labute approximate surface area is 243 Å². The molecule has 0 saturated carbocycles. The van der Waals surface area contributed by atoms with Crippen molar-refractivity contribution in [2.45, 2.75) is 6.18 Å². The fourth-order valence-corrected chi connectivity index (χ4v) is 13.4. The molecule has 0 aliphatic rings. The Morgan fingerprint density at radius 2 is 0.850 bits per heavy atom. The highest BCUT2D eigenvalue weighted by molar-refractivity contribution is 8.28. The molecule has 0 bridgehead atoms. The molecule has 200 valence electrons. The van der Waals surface area contributed by atoms with E-state index in [0.717, 1.165) is 38.7 Å². The summed E-state index contributed by atoms with van der Waals surface area (Å²) in [7, 11) is 0. The van der Waals surface area contributed by atoms with Crippen LogP contribution in [0, 0.1) is 0 Å². The highest BCUT2D eigenvalue weighted by Gasteiger charge is 2.33. The molecule has 0 N–H and O–H groups in total. The second-order valence-electron chi connectivity index (χ2n) is 9.20. The lowest BCUT2D eigenvalue weighted by Gasteiger charge is -2.30. The zero-order chi connectivity index (χ0) is 28.2. The Hall–Kier alpha value is -3.07. The van der Waals surface area contributed by atoms with E-state index in [9.17, 15) is 13.2 Å². The van der Waals surface area contributed by atoms with Crippen molar-refractivity contribution in [2.24, 2.45) is 0 Å². The number of hydrogen-bond donors (Lipinski definition) is 0. The van der Waals surface area contributed by atoms with Crippen molar-refractivity contribution in [1.29, 1.82) is 0 Å². The van der Waals surface area contributed by atoms with Gasteiger partial charge in [-0.2, -0.15) is 13.2 Å². The van der Waals surface area contributed by atoms with Gasteiger partial charge in [0.05, 0.1) is 5.56 Å². The minimum Gasteiger partial charge on any atom is -0.166 e. The van der Waals surface area contributed by atoms with E-state index >= 15 is 0 Å². The first-order valence-corrected chi connectivity index (χ1v) is 18.2. The van der Waals surface area contributed by atoms with Gasteiger partial charge in [0, 0.05) is 17.4 Å². The molecule has 0 radical (unpaired) electrons. The van der Waals surface area contributed by atoms with Crippen LogP contribution in [0.1, 0.15) is 11.1 Å². The van der Waals surface area contributed by atoms with E-state index < -0.39 is 23.8 Å². The van der Waals surface area contributed by atoms with E-state index in [1.807, 2.05) is 121 Å². The lowest BCUT2D eigenvalue weighted by Crippen LogP contribution is -2.19. The van der Waals surface area contributed by atoms with E-state index in [1.54, 1.807) is 0 Å². The molecule has 0 aromatic heterocycles. The molecule has 0 amide bonds. The third-order valence-electron chi connectivity index (χ3n) is 6.67. The summed E-state index contributed by atoms with van der Waals surface area (Å²) in [5, 5.41) is 4.67. The van der Waals surface area contributed by atoms with Crippen LogP contribution in [0.4, 0.5) is 13.2 Å². The SMILES string of the molecule is FC(F)(F)c1ccc(/C(=C\P(=S)(c2ccccc2)c2ccccc2)P(=S)(c2ccccc2)c2ccccc2)cc1. The van der Waals surface area contributed by atoms with Crippen molar-refractivity contribution in [3.63, 3.8) is 0 Å². The second-order valence-corrected chi connectivity index (χ2v) is 17.9. The third kappa shape index (κ3) is 5.71. The summed E-state index contributed by atoms with van der Waals surface area (Å²) in [5.74, 6) is 2.12. The van der Waals surface area contributed by atoms with Crippen molar-refractivity contribution >= 4 is 62.2 Å². The minimum absolute atomic E-state index is 0.644. The molecule has 5 aromatic carbocycles. The smallest absolute Gasteiger partial charge is 0.166 e. The molecule has 0 aliphatic heterocycles. The van der Waals surface area contributed by atoms with E-state index in [4.69, 9.17) is 23.6 Å². The number of hydrogen-bond acceptors (Lipinski definition) is 2. The first kappa shape index (κ1) is 28.5. The van der Waals surface area contributed by atoms with Gasteiger partial charge in [-0.15, -0.1) is 0 Å². The number of alkyl halides is 3. The molecule has 5 aromatic rings. The molecular formula is C33H25F3P2S2. The van der Waals surface area contributed by atoms with Gasteiger partial charge in [0.25, 0.3) is 0 Å². The zero-order valence-corrected chi connectivity index (χ0v) is 24.7. The van der Waals surface area contributed by atoms with E-state index in [1.165, 1.54) is 12.1 Å². The van der Waals surface area contributed by atoms with Gasteiger partial charge in [-0.1, -0.05) is 157 Å². The van der Waals surface area contributed by atoms with E-state index in [2.05, 4.69) is 5.82 Å². The summed E-state index contributed by atoms with van der Waals surface area (Å²) in [6.07, 6.45) is -4.44. The van der Waals surface area contributed by atoms with Gasteiger partial charge in [0.1, 0.15) is 0 Å². The normalized spacial score (nSPS) is 12.7. The summed E-state index contributed by atoms with van der Waals surface area (Å²) >= 11 is 13.3. The Morgan fingerprint density at radius 3 is 1.20 bits per heavy atom. The Kier molecular flexibility index (Phi) is 8.40. The van der Waals surface area contributed by atoms with Gasteiger partial charge in [0.2, 0.25) is 0 Å². The summed E-state index contributed by atoms with van der Waals surface area (Å²) in [6.45, 7) is 0. The molecule has 0 saturated heterocycles. The van der Waals surface area contributed by atoms with Crippen molar-refractivity contribution in [2.75, 3.05) is 0 Å². The molecule has 5 rings (SSSR count). The minimum atomic E-state index is -4.44. The lowest BCUT2D eigenvalue weighted by molar-refractivity contribution is -0.137. The van der Waals surface area contributed by atoms with Gasteiger partial charge in [0.15, 0.2) is 0 Å². The molecule has 0 atom stereocenters. The highest BCUT2D eigenvalue weighted by Crippen LogP contribution is 2.61. The molecule has 0 heterocycles. The topological polar surface area (TPSA) is 0 Å². The van der Waals surface area contributed by atoms with Gasteiger partial charge in [-0.25, -0.2) is 0 Å². The maximum atomic E-state index is 13.6. The Balaban J connectivity index is 1.88. The largest absolute Gasteiger partial charge is 0.416 e. The molecule has 7 heteroatoms. The monoisotopic (exact) mass is 604 g/mol. The van der Waals surface area contributed by atoms with E-state index in [-0.39, 0.29) is 0 Å². The predicted octanol–water partition coefficient (Wildman–Crippen LogP) is 8.26. The Morgan fingerprint density at radius 1 is 0.500 bits per heavy atom. The quantitative estimate of drug-likeness (QED) is 0.172. The zero-order valence-electron chi connectivity index (χ0n) is 21.3. The van der Waals surface area contributed by atoms with Crippen molar-refractivity contribution in [1.82, 2.24) is 0 Å². The van der Waals surface area contributed by atoms with Gasteiger partial charge in [-0.3, -0.25) is 0 Å². The number of benzene rings is 5. The first-order chi connectivity index (χ1) is 19.2. The van der Waals surface area contributed by atoms with Crippen LogP contribution in [0.3, 0.4) is 0 Å². The van der Waals surface area contributed by atoms with Crippen LogP contribution in [-0.4, -0.2) is 0 Å². The molecule has 40 heavy (non-hydrogen) atoms. The number of rotatable bonds is 7. The fourth-order valence-electron chi connectivity index (χ4n) is 4.64. The molecule has 0 nitrogen and oxygen atoms in total. The highest BCUT2D eigenvalue weighted by atomic mass is 32.4. The van der Waals surface area contributed by atoms with Crippen LogP contribution in [0.25, 0.3) is 5.31 Å². The van der Waals surface area contributed by atoms with Gasteiger partial charge < -0.3 is 0 Å². The maximum absolute atomic E-state index is 13.6. The summed E-state index contributed by atoms with van der Waals surface area (Å²) in [6, 6.07) is 39.6. The van der Waals surface area contributed by atoms with Gasteiger partial charge in [-0.05, 0) is 44.7 Å². The van der Waals surface area contributed by atoms with Crippen molar-refractivity contribution < 1.29 is 13.2 Å². The van der Waals surface area contributed by atoms with Crippen LogP contribution >= 0.6 is 12.1 Å². The van der Waals surface area contributed by atoms with Crippen LogP contribution < -0.4 is 21.2 Å². The van der Waals surface area contributed by atoms with E-state index in [0.29, 0.717) is 5.56 Å². The van der Waals surface area contributed by atoms with Crippen molar-refractivity contribution in [3.8, 4) is 0 Å². The Bertz CT molecular complexity index is 1610. The fraction of sp³-hybridized carbons (Fsp3) is 0.0303. The van der Waals surface area contributed by atoms with Gasteiger partial charge >= 0.3 is 6.18 Å². The summed E-state index contributed by atoms with van der Waals surface area (Å²) in [4.78, 5) is 0. The standard InChI is InChI=1S/C33H25F3P2S2/c34-33(35,36)27-23-21-26(22-24-27)32(38(40,30-17-9-3-10-18-30)31-19-11-4-12-20-31)25-37(39,28-13-5-1-6-14-28)29-15-7-2-8-16-29/h1-25H/b32-25+. The van der Waals surface area contributed by atoms with Crippen LogP contribution in [0.5, 0.6) is 0 Å². The van der Waals surface area contributed by atoms with Crippen LogP contribution in [0.15, 0.2) is 151 Å².